The Labute approximate surface area is 149 Å². The van der Waals surface area contributed by atoms with Crippen LogP contribution in [-0.2, 0) is 4.79 Å². The van der Waals surface area contributed by atoms with Crippen LogP contribution in [0.5, 0.6) is 5.75 Å². The van der Waals surface area contributed by atoms with E-state index in [-0.39, 0.29) is 18.3 Å². The summed E-state index contributed by atoms with van der Waals surface area (Å²) in [5.74, 6) is 1.03. The number of nitrogens with one attached hydrogen (secondary N) is 1. The molecule has 0 spiro atoms. The van der Waals surface area contributed by atoms with Crippen molar-refractivity contribution in [2.75, 3.05) is 12.4 Å². The van der Waals surface area contributed by atoms with Gasteiger partial charge in [0.25, 0.3) is 0 Å². The highest BCUT2D eigenvalue weighted by atomic mass is 35.5. The Morgan fingerprint density at radius 3 is 2.54 bits per heavy atom. The number of nitrogens with two attached hydrogens (primary N) is 1. The van der Waals surface area contributed by atoms with Gasteiger partial charge in [0.15, 0.2) is 0 Å². The number of methoxy groups -OCH3 is 1. The first-order valence-electron chi connectivity index (χ1n) is 7.81. The zero-order valence-corrected chi connectivity index (χ0v) is 15.1. The second-order valence-corrected chi connectivity index (χ2v) is 6.01. The van der Waals surface area contributed by atoms with Crippen molar-refractivity contribution in [2.45, 2.75) is 26.3 Å². The Morgan fingerprint density at radius 1 is 1.17 bits per heavy atom. The van der Waals surface area contributed by atoms with Crippen molar-refractivity contribution in [3.05, 3.63) is 48.5 Å². The van der Waals surface area contributed by atoms with Crippen LogP contribution in [0, 0.1) is 5.92 Å². The van der Waals surface area contributed by atoms with Gasteiger partial charge >= 0.3 is 0 Å². The molecule has 0 saturated heterocycles. The summed E-state index contributed by atoms with van der Waals surface area (Å²) in [5, 5.41) is 2.89. The third kappa shape index (κ3) is 5.25. The van der Waals surface area contributed by atoms with Crippen LogP contribution in [0.4, 0.5) is 5.69 Å². The molecule has 4 nitrogen and oxygen atoms in total. The fraction of sp³-hybridized carbons (Fsp3) is 0.316. The second kappa shape index (κ2) is 9.30. The minimum absolute atomic E-state index is 0. The molecule has 0 bridgehead atoms. The molecule has 0 aliphatic heterocycles. The van der Waals surface area contributed by atoms with E-state index in [0.29, 0.717) is 12.3 Å². The zero-order valence-electron chi connectivity index (χ0n) is 14.3. The predicted molar refractivity (Wildman–Crippen MR) is 102 cm³/mol. The molecular formula is C19H25ClN2O2. The van der Waals surface area contributed by atoms with E-state index in [4.69, 9.17) is 10.5 Å². The molecule has 130 valence electrons. The maximum atomic E-state index is 12.2. The van der Waals surface area contributed by atoms with Crippen LogP contribution in [0.3, 0.4) is 0 Å². The fourth-order valence-electron chi connectivity index (χ4n) is 2.50. The first kappa shape index (κ1) is 20.0. The predicted octanol–water partition coefficient (Wildman–Crippen LogP) is 4.10. The highest BCUT2D eigenvalue weighted by Gasteiger charge is 2.15. The van der Waals surface area contributed by atoms with Gasteiger partial charge in [0.1, 0.15) is 5.75 Å². The monoisotopic (exact) mass is 348 g/mol. The molecule has 24 heavy (non-hydrogen) atoms. The summed E-state index contributed by atoms with van der Waals surface area (Å²) in [5.41, 5.74) is 8.63. The highest BCUT2D eigenvalue weighted by Crippen LogP contribution is 2.31. The number of carbonyl (C=O) groups excluding carboxylic acids is 1. The van der Waals surface area contributed by atoms with Crippen LogP contribution in [-0.4, -0.2) is 19.1 Å². The van der Waals surface area contributed by atoms with Crippen LogP contribution in [0.2, 0.25) is 0 Å². The topological polar surface area (TPSA) is 64.3 Å². The normalized spacial score (nSPS) is 11.5. The molecule has 0 unspecified atom stereocenters. The number of amides is 1. The number of carbonyl (C=O) groups is 1. The van der Waals surface area contributed by atoms with Gasteiger partial charge in [0.05, 0.1) is 13.2 Å². The lowest BCUT2D eigenvalue weighted by molar-refractivity contribution is -0.117. The molecule has 0 radical (unpaired) electrons. The van der Waals surface area contributed by atoms with Crippen molar-refractivity contribution < 1.29 is 9.53 Å². The quantitative estimate of drug-likeness (QED) is 0.826. The minimum Gasteiger partial charge on any atom is -0.496 e. The average molecular weight is 349 g/mol. The molecular weight excluding hydrogens is 324 g/mol. The van der Waals surface area contributed by atoms with Crippen molar-refractivity contribution in [3.8, 4) is 16.9 Å². The lowest BCUT2D eigenvalue weighted by Crippen LogP contribution is -2.36. The maximum Gasteiger partial charge on any atom is 0.241 e. The van der Waals surface area contributed by atoms with Crippen molar-refractivity contribution in [1.82, 2.24) is 0 Å². The van der Waals surface area contributed by atoms with Crippen molar-refractivity contribution in [3.63, 3.8) is 0 Å². The fourth-order valence-corrected chi connectivity index (χ4v) is 2.50. The molecule has 0 saturated carbocycles. The number of rotatable bonds is 6. The first-order valence-corrected chi connectivity index (χ1v) is 7.81. The van der Waals surface area contributed by atoms with Gasteiger partial charge in [-0.2, -0.15) is 0 Å². The van der Waals surface area contributed by atoms with Crippen molar-refractivity contribution in [2.24, 2.45) is 11.7 Å². The van der Waals surface area contributed by atoms with Crippen molar-refractivity contribution >= 4 is 24.0 Å². The molecule has 1 atom stereocenters. The molecule has 0 aliphatic rings. The smallest absolute Gasteiger partial charge is 0.241 e. The lowest BCUT2D eigenvalue weighted by Gasteiger charge is -2.15. The zero-order chi connectivity index (χ0) is 16.8. The second-order valence-electron chi connectivity index (χ2n) is 6.01. The number of hydrogen-bond donors (Lipinski definition) is 2. The summed E-state index contributed by atoms with van der Waals surface area (Å²) in [6, 6.07) is 15.0. The Hall–Kier alpha value is -2.04. The van der Waals surface area contributed by atoms with E-state index < -0.39 is 6.04 Å². The van der Waals surface area contributed by atoms with Gasteiger partial charge in [-0.05, 0) is 36.1 Å². The van der Waals surface area contributed by atoms with E-state index in [1.165, 1.54) is 0 Å². The summed E-state index contributed by atoms with van der Waals surface area (Å²) in [7, 11) is 1.65. The Kier molecular flexibility index (Phi) is 7.75. The summed E-state index contributed by atoms with van der Waals surface area (Å²) >= 11 is 0. The highest BCUT2D eigenvalue weighted by molar-refractivity contribution is 5.95. The van der Waals surface area contributed by atoms with E-state index in [1.807, 2.05) is 48.5 Å². The number of hydrogen-bond acceptors (Lipinski definition) is 3. The molecule has 2 aromatic rings. The molecule has 5 heteroatoms. The molecule has 2 rings (SSSR count). The van der Waals surface area contributed by atoms with Gasteiger partial charge in [0.2, 0.25) is 5.91 Å². The van der Waals surface area contributed by atoms with Crippen LogP contribution in [0.1, 0.15) is 20.3 Å². The largest absolute Gasteiger partial charge is 0.496 e. The van der Waals surface area contributed by atoms with Crippen molar-refractivity contribution in [1.29, 1.82) is 0 Å². The number of ether oxygens (including phenoxy) is 1. The molecule has 0 heterocycles. The standard InChI is InChI=1S/C19H24N2O2.ClH/c1-13(2)11-17(20)19(22)21-15-8-6-7-14(12-15)16-9-4-5-10-18(16)23-3;/h4-10,12-13,17H,11,20H2,1-3H3,(H,21,22);1H/t17-;/m0./s1. The van der Waals surface area contributed by atoms with E-state index in [2.05, 4.69) is 19.2 Å². The van der Waals surface area contributed by atoms with Gasteiger partial charge in [-0.15, -0.1) is 12.4 Å². The van der Waals surface area contributed by atoms with Gasteiger partial charge in [0, 0.05) is 11.3 Å². The van der Waals surface area contributed by atoms with Crippen LogP contribution in [0.15, 0.2) is 48.5 Å². The summed E-state index contributed by atoms with van der Waals surface area (Å²) in [4.78, 5) is 12.2. The van der Waals surface area contributed by atoms with Crippen LogP contribution < -0.4 is 15.8 Å². The Morgan fingerprint density at radius 2 is 1.88 bits per heavy atom. The molecule has 3 N–H and O–H groups in total. The summed E-state index contributed by atoms with van der Waals surface area (Å²) < 4.78 is 5.40. The van der Waals surface area contributed by atoms with Gasteiger partial charge in [-0.25, -0.2) is 0 Å². The number of halogens is 1. The van der Waals surface area contributed by atoms with Crippen LogP contribution >= 0.6 is 12.4 Å². The number of anilines is 1. The third-order valence-electron chi connectivity index (χ3n) is 3.61. The van der Waals surface area contributed by atoms with E-state index in [9.17, 15) is 4.79 Å². The van der Waals surface area contributed by atoms with Gasteiger partial charge < -0.3 is 15.8 Å². The first-order chi connectivity index (χ1) is 11.0. The third-order valence-corrected chi connectivity index (χ3v) is 3.61. The van der Waals surface area contributed by atoms with Gasteiger partial charge in [-0.3, -0.25) is 4.79 Å². The number of para-hydroxylation sites is 1. The molecule has 0 fully saturated rings. The number of benzene rings is 2. The molecule has 0 aliphatic carbocycles. The SMILES string of the molecule is COc1ccccc1-c1cccc(NC(=O)[C@@H](N)CC(C)C)c1.Cl. The average Bonchev–Trinajstić information content (AvgIpc) is 2.54. The summed E-state index contributed by atoms with van der Waals surface area (Å²) in [6.45, 7) is 4.10. The Balaban J connectivity index is 0.00000288. The maximum absolute atomic E-state index is 12.2. The van der Waals surface area contributed by atoms with Crippen LogP contribution in [0.25, 0.3) is 11.1 Å². The lowest BCUT2D eigenvalue weighted by atomic mass is 10.0. The minimum atomic E-state index is -0.495. The molecule has 1 amide bonds. The van der Waals surface area contributed by atoms with E-state index in [0.717, 1.165) is 22.6 Å². The van der Waals surface area contributed by atoms with E-state index in [1.54, 1.807) is 7.11 Å². The van der Waals surface area contributed by atoms with E-state index >= 15 is 0 Å². The Bertz CT molecular complexity index is 674. The molecule has 0 aromatic heterocycles. The molecule has 2 aromatic carbocycles. The summed E-state index contributed by atoms with van der Waals surface area (Å²) in [6.07, 6.45) is 0.665. The van der Waals surface area contributed by atoms with Gasteiger partial charge in [-0.1, -0.05) is 44.2 Å².